The van der Waals surface area contributed by atoms with Gasteiger partial charge in [-0.1, -0.05) is 0 Å². The van der Waals surface area contributed by atoms with Crippen molar-refractivity contribution in [2.45, 2.75) is 12.8 Å². The lowest BCUT2D eigenvalue weighted by molar-refractivity contribution is -0.117. The van der Waals surface area contributed by atoms with Crippen molar-refractivity contribution in [3.05, 3.63) is 29.3 Å². The quantitative estimate of drug-likeness (QED) is 0.780. The van der Waals surface area contributed by atoms with Crippen LogP contribution in [0.3, 0.4) is 0 Å². The molecule has 0 unspecified atom stereocenters. The molecule has 106 valence electrons. The number of anilines is 1. The van der Waals surface area contributed by atoms with E-state index in [1.807, 2.05) is 0 Å². The van der Waals surface area contributed by atoms with Crippen LogP contribution < -0.4 is 4.90 Å². The van der Waals surface area contributed by atoms with Gasteiger partial charge in [-0.15, -0.1) is 0 Å². The van der Waals surface area contributed by atoms with E-state index in [4.69, 9.17) is 0 Å². The second-order valence-electron chi connectivity index (χ2n) is 4.40. The predicted molar refractivity (Wildman–Crippen MR) is 70.7 cm³/mol. The van der Waals surface area contributed by atoms with Crippen LogP contribution in [-0.2, 0) is 14.3 Å². The number of methoxy groups -OCH3 is 2. The van der Waals surface area contributed by atoms with Gasteiger partial charge in [0.05, 0.1) is 25.3 Å². The monoisotopic (exact) mass is 277 g/mol. The molecule has 1 amide bonds. The first kappa shape index (κ1) is 14.0. The van der Waals surface area contributed by atoms with Crippen molar-refractivity contribution >= 4 is 23.5 Å². The van der Waals surface area contributed by atoms with Crippen molar-refractivity contribution in [2.24, 2.45) is 0 Å². The van der Waals surface area contributed by atoms with Gasteiger partial charge in [0.25, 0.3) is 0 Å². The molecule has 1 heterocycles. The Morgan fingerprint density at radius 1 is 1.05 bits per heavy atom. The minimum atomic E-state index is -0.566. The number of nitrogens with zero attached hydrogens (tertiary/aromatic N) is 1. The number of hydrogen-bond acceptors (Lipinski definition) is 5. The average molecular weight is 277 g/mol. The van der Waals surface area contributed by atoms with Gasteiger partial charge in [-0.2, -0.15) is 0 Å². The molecule has 6 heteroatoms. The van der Waals surface area contributed by atoms with Gasteiger partial charge in [0.2, 0.25) is 5.91 Å². The average Bonchev–Trinajstić information content (AvgIpc) is 2.91. The van der Waals surface area contributed by atoms with Gasteiger partial charge in [-0.05, 0) is 24.6 Å². The Bertz CT molecular complexity index is 532. The molecule has 1 aliphatic heterocycles. The van der Waals surface area contributed by atoms with Crippen molar-refractivity contribution in [3.63, 3.8) is 0 Å². The van der Waals surface area contributed by atoms with E-state index in [1.54, 1.807) is 17.0 Å². The Balaban J connectivity index is 2.47. The lowest BCUT2D eigenvalue weighted by atomic mass is 10.1. The van der Waals surface area contributed by atoms with Crippen LogP contribution in [0, 0.1) is 0 Å². The summed E-state index contributed by atoms with van der Waals surface area (Å²) in [6.45, 7) is 0.573. The summed E-state index contributed by atoms with van der Waals surface area (Å²) in [6.07, 6.45) is 1.23. The topological polar surface area (TPSA) is 72.9 Å². The molecule has 1 saturated heterocycles. The molecule has 6 nitrogen and oxygen atoms in total. The first-order chi connectivity index (χ1) is 9.56. The highest BCUT2D eigenvalue weighted by molar-refractivity contribution is 6.01. The number of carbonyl (C=O) groups is 3. The highest BCUT2D eigenvalue weighted by atomic mass is 16.5. The lowest BCUT2D eigenvalue weighted by Crippen LogP contribution is -2.24. The third-order valence-electron chi connectivity index (χ3n) is 3.15. The predicted octanol–water partition coefficient (Wildman–Crippen LogP) is 1.39. The van der Waals surface area contributed by atoms with Crippen LogP contribution in [0.2, 0.25) is 0 Å². The molecular formula is C14H15NO5. The normalized spacial score (nSPS) is 14.3. The van der Waals surface area contributed by atoms with Gasteiger partial charge in [0, 0.05) is 18.7 Å². The summed E-state index contributed by atoms with van der Waals surface area (Å²) in [5, 5.41) is 0. The maximum absolute atomic E-state index is 11.8. The van der Waals surface area contributed by atoms with Gasteiger partial charge >= 0.3 is 11.9 Å². The summed E-state index contributed by atoms with van der Waals surface area (Å²) >= 11 is 0. The fourth-order valence-corrected chi connectivity index (χ4v) is 2.16. The highest BCUT2D eigenvalue weighted by Gasteiger charge is 2.24. The van der Waals surface area contributed by atoms with Crippen molar-refractivity contribution in [1.82, 2.24) is 0 Å². The van der Waals surface area contributed by atoms with Crippen LogP contribution in [0.15, 0.2) is 18.2 Å². The summed E-state index contributed by atoms with van der Waals surface area (Å²) < 4.78 is 9.31. The van der Waals surface area contributed by atoms with Gasteiger partial charge in [0.15, 0.2) is 0 Å². The molecule has 0 aliphatic carbocycles. The third-order valence-corrected chi connectivity index (χ3v) is 3.15. The van der Waals surface area contributed by atoms with Crippen molar-refractivity contribution in [3.8, 4) is 0 Å². The van der Waals surface area contributed by atoms with E-state index in [0.29, 0.717) is 18.7 Å². The Morgan fingerprint density at radius 3 is 2.00 bits per heavy atom. The van der Waals surface area contributed by atoms with Gasteiger partial charge in [-0.3, -0.25) is 4.79 Å². The number of rotatable bonds is 3. The van der Waals surface area contributed by atoms with Crippen LogP contribution >= 0.6 is 0 Å². The maximum atomic E-state index is 11.8. The SMILES string of the molecule is COC(=O)c1cc(C(=O)OC)cc(N2CCCC2=O)c1. The second kappa shape index (κ2) is 5.73. The summed E-state index contributed by atoms with van der Waals surface area (Å²) in [4.78, 5) is 36.6. The number of esters is 2. The van der Waals surface area contributed by atoms with E-state index < -0.39 is 11.9 Å². The van der Waals surface area contributed by atoms with E-state index in [0.717, 1.165) is 6.42 Å². The Labute approximate surface area is 116 Å². The van der Waals surface area contributed by atoms with Crippen molar-refractivity contribution < 1.29 is 23.9 Å². The first-order valence-electron chi connectivity index (χ1n) is 6.19. The zero-order valence-electron chi connectivity index (χ0n) is 11.3. The lowest BCUT2D eigenvalue weighted by Gasteiger charge is -2.17. The molecule has 1 aromatic rings. The molecule has 1 aliphatic rings. The number of hydrogen-bond donors (Lipinski definition) is 0. The number of carbonyl (C=O) groups excluding carboxylic acids is 3. The van der Waals surface area contributed by atoms with Crippen LogP contribution in [0.1, 0.15) is 33.6 Å². The van der Waals surface area contributed by atoms with E-state index >= 15 is 0 Å². The summed E-state index contributed by atoms with van der Waals surface area (Å²) in [6, 6.07) is 4.48. The van der Waals surface area contributed by atoms with Crippen LogP contribution in [-0.4, -0.2) is 38.6 Å². The maximum Gasteiger partial charge on any atom is 0.337 e. The molecule has 20 heavy (non-hydrogen) atoms. The van der Waals surface area contributed by atoms with Crippen LogP contribution in [0.25, 0.3) is 0 Å². The molecule has 1 aromatic carbocycles. The number of benzene rings is 1. The fraction of sp³-hybridized carbons (Fsp3) is 0.357. The minimum absolute atomic E-state index is 0.0252. The summed E-state index contributed by atoms with van der Waals surface area (Å²) in [7, 11) is 2.52. The molecule has 1 fully saturated rings. The smallest absolute Gasteiger partial charge is 0.337 e. The molecular weight excluding hydrogens is 262 g/mol. The van der Waals surface area contributed by atoms with Gasteiger partial charge in [0.1, 0.15) is 0 Å². The third kappa shape index (κ3) is 2.64. The van der Waals surface area contributed by atoms with Crippen LogP contribution in [0.5, 0.6) is 0 Å². The molecule has 0 saturated carbocycles. The molecule has 0 bridgehead atoms. The Kier molecular flexibility index (Phi) is 4.02. The summed E-state index contributed by atoms with van der Waals surface area (Å²) in [5.41, 5.74) is 0.936. The summed E-state index contributed by atoms with van der Waals surface area (Å²) in [5.74, 6) is -1.16. The highest BCUT2D eigenvalue weighted by Crippen LogP contribution is 2.25. The van der Waals surface area contributed by atoms with Crippen LogP contribution in [0.4, 0.5) is 5.69 Å². The minimum Gasteiger partial charge on any atom is -0.465 e. The number of ether oxygens (including phenoxy) is 2. The molecule has 2 rings (SSSR count). The fourth-order valence-electron chi connectivity index (χ4n) is 2.16. The Hall–Kier alpha value is -2.37. The molecule has 0 aromatic heterocycles. The van der Waals surface area contributed by atoms with E-state index in [-0.39, 0.29) is 17.0 Å². The van der Waals surface area contributed by atoms with Crippen molar-refractivity contribution in [1.29, 1.82) is 0 Å². The molecule has 0 spiro atoms. The molecule has 0 atom stereocenters. The Morgan fingerprint density at radius 2 is 1.60 bits per heavy atom. The largest absolute Gasteiger partial charge is 0.465 e. The van der Waals surface area contributed by atoms with Gasteiger partial charge < -0.3 is 14.4 Å². The van der Waals surface area contributed by atoms with Gasteiger partial charge in [-0.25, -0.2) is 9.59 Å². The first-order valence-corrected chi connectivity index (χ1v) is 6.19. The zero-order valence-corrected chi connectivity index (χ0v) is 11.3. The molecule has 0 N–H and O–H groups in total. The van der Waals surface area contributed by atoms with E-state index in [2.05, 4.69) is 9.47 Å². The van der Waals surface area contributed by atoms with E-state index in [9.17, 15) is 14.4 Å². The van der Waals surface area contributed by atoms with Crippen molar-refractivity contribution in [2.75, 3.05) is 25.7 Å². The second-order valence-corrected chi connectivity index (χ2v) is 4.40. The molecule has 0 radical (unpaired) electrons. The zero-order chi connectivity index (χ0) is 14.7. The van der Waals surface area contributed by atoms with E-state index in [1.165, 1.54) is 20.3 Å². The standard InChI is InChI=1S/C14H15NO5/c1-19-13(17)9-6-10(14(18)20-2)8-11(7-9)15-5-3-4-12(15)16/h6-8H,3-5H2,1-2H3. The number of amides is 1.